The Kier molecular flexibility index (Phi) is 13.7. The first kappa shape index (κ1) is 18.1. The van der Waals surface area contributed by atoms with Crippen LogP contribution in [0.2, 0.25) is 0 Å². The van der Waals surface area contributed by atoms with E-state index in [4.69, 9.17) is 5.11 Å². The Labute approximate surface area is 123 Å². The number of aliphatic carboxylic acids is 1. The van der Waals surface area contributed by atoms with Gasteiger partial charge in [-0.2, -0.15) is 0 Å². The summed E-state index contributed by atoms with van der Waals surface area (Å²) >= 11 is 0. The summed E-state index contributed by atoms with van der Waals surface area (Å²) in [7, 11) is 0. The van der Waals surface area contributed by atoms with Crippen molar-refractivity contribution in [3.8, 4) is 23.7 Å². The van der Waals surface area contributed by atoms with E-state index >= 15 is 0 Å². The van der Waals surface area contributed by atoms with Gasteiger partial charge in [-0.1, -0.05) is 63.0 Å². The number of rotatable bonds is 9. The lowest BCUT2D eigenvalue weighted by Crippen LogP contribution is -1.84. The molecule has 0 radical (unpaired) electrons. The van der Waals surface area contributed by atoms with Gasteiger partial charge in [-0.15, -0.1) is 0 Å². The summed E-state index contributed by atoms with van der Waals surface area (Å²) in [4.78, 5) is 10.2. The van der Waals surface area contributed by atoms with Crippen molar-refractivity contribution in [2.45, 2.75) is 58.3 Å². The van der Waals surface area contributed by atoms with Crippen molar-refractivity contribution in [3.63, 3.8) is 0 Å². The van der Waals surface area contributed by atoms with Gasteiger partial charge in [0.05, 0.1) is 0 Å². The fourth-order valence-electron chi connectivity index (χ4n) is 1.58. The summed E-state index contributed by atoms with van der Waals surface area (Å²) < 4.78 is 0. The number of carbonyl (C=O) groups is 1. The van der Waals surface area contributed by atoms with Gasteiger partial charge in [0.2, 0.25) is 0 Å². The Bertz CT molecular complexity index is 422. The predicted molar refractivity (Wildman–Crippen MR) is 84.1 cm³/mol. The van der Waals surface area contributed by atoms with Crippen LogP contribution < -0.4 is 0 Å². The lowest BCUT2D eigenvalue weighted by Gasteiger charge is -1.96. The number of allylic oxidation sites excluding steroid dienone is 3. The van der Waals surface area contributed by atoms with Crippen molar-refractivity contribution in [2.75, 3.05) is 0 Å². The molecule has 2 nitrogen and oxygen atoms in total. The van der Waals surface area contributed by atoms with Crippen molar-refractivity contribution in [1.82, 2.24) is 0 Å². The molecule has 0 aliphatic rings. The van der Waals surface area contributed by atoms with E-state index in [0.29, 0.717) is 6.42 Å². The predicted octanol–water partition coefficient (Wildman–Crippen LogP) is 4.33. The molecule has 0 rings (SSSR count). The molecule has 108 valence electrons. The first-order chi connectivity index (χ1) is 9.77. The molecule has 0 amide bonds. The van der Waals surface area contributed by atoms with Crippen LogP contribution in [0.15, 0.2) is 24.3 Å². The molecule has 0 aromatic heterocycles. The molecular formula is C18H24O2. The lowest BCUT2D eigenvalue weighted by atomic mass is 10.1. The molecule has 1 N–H and O–H groups in total. The summed E-state index contributed by atoms with van der Waals surface area (Å²) in [5.74, 6) is 10.1. The van der Waals surface area contributed by atoms with Crippen molar-refractivity contribution >= 4 is 5.97 Å². The highest BCUT2D eigenvalue weighted by Gasteiger charge is 1.87. The zero-order valence-corrected chi connectivity index (χ0v) is 12.3. The Morgan fingerprint density at radius 1 is 1.05 bits per heavy atom. The third-order valence-electron chi connectivity index (χ3n) is 2.63. The van der Waals surface area contributed by atoms with E-state index in [1.807, 2.05) is 6.08 Å². The van der Waals surface area contributed by atoms with Gasteiger partial charge in [0.15, 0.2) is 0 Å². The number of hydrogen-bond donors (Lipinski definition) is 1. The molecule has 0 aliphatic carbocycles. The first-order valence-electron chi connectivity index (χ1n) is 7.30. The Morgan fingerprint density at radius 2 is 1.80 bits per heavy atom. The quantitative estimate of drug-likeness (QED) is 0.385. The van der Waals surface area contributed by atoms with Gasteiger partial charge in [0.25, 0.3) is 0 Å². The molecule has 0 aromatic carbocycles. The topological polar surface area (TPSA) is 37.3 Å². The van der Waals surface area contributed by atoms with Crippen LogP contribution in [0.25, 0.3) is 0 Å². The smallest absolute Gasteiger partial charge is 0.328 e. The minimum atomic E-state index is -0.949. The second-order valence-electron chi connectivity index (χ2n) is 4.47. The molecule has 0 saturated heterocycles. The van der Waals surface area contributed by atoms with E-state index < -0.39 is 5.97 Å². The first-order valence-corrected chi connectivity index (χ1v) is 7.30. The van der Waals surface area contributed by atoms with Crippen molar-refractivity contribution in [2.24, 2.45) is 0 Å². The summed E-state index contributed by atoms with van der Waals surface area (Å²) in [6.45, 7) is 2.23. The van der Waals surface area contributed by atoms with Gasteiger partial charge >= 0.3 is 5.97 Å². The average Bonchev–Trinajstić information content (AvgIpc) is 2.43. The molecule has 0 saturated carbocycles. The zero-order chi connectivity index (χ0) is 14.9. The second-order valence-corrected chi connectivity index (χ2v) is 4.47. The monoisotopic (exact) mass is 272 g/mol. The van der Waals surface area contributed by atoms with Crippen molar-refractivity contribution in [3.05, 3.63) is 24.3 Å². The minimum Gasteiger partial charge on any atom is -0.478 e. The van der Waals surface area contributed by atoms with Crippen LogP contribution in [0.5, 0.6) is 0 Å². The van der Waals surface area contributed by atoms with Crippen molar-refractivity contribution in [1.29, 1.82) is 0 Å². The largest absolute Gasteiger partial charge is 0.478 e. The molecule has 0 aromatic rings. The number of unbranched alkanes of at least 4 members (excludes halogenated alkanes) is 6. The Balaban J connectivity index is 3.54. The Morgan fingerprint density at radius 3 is 2.55 bits per heavy atom. The maximum absolute atomic E-state index is 10.2. The third-order valence-corrected chi connectivity index (χ3v) is 2.63. The van der Waals surface area contributed by atoms with Gasteiger partial charge in [-0.05, 0) is 30.8 Å². The van der Waals surface area contributed by atoms with Crippen LogP contribution in [-0.2, 0) is 4.79 Å². The highest BCUT2D eigenvalue weighted by Crippen LogP contribution is 2.06. The van der Waals surface area contributed by atoms with Crippen LogP contribution in [-0.4, -0.2) is 11.1 Å². The molecule has 0 heterocycles. The molecule has 0 bridgehead atoms. The standard InChI is InChI=1S/C18H24O2/c1-2-3-4-5-6-7-8-9-10-11-12-13-14-15-16-17-18(19)20/h9-10,16-17H,2-8,15H2,1H3,(H,19,20). The fourth-order valence-corrected chi connectivity index (χ4v) is 1.58. The molecule has 0 aliphatic heterocycles. The van der Waals surface area contributed by atoms with E-state index in [-0.39, 0.29) is 0 Å². The normalized spacial score (nSPS) is 10.1. The molecule has 0 atom stereocenters. The van der Waals surface area contributed by atoms with E-state index in [1.165, 1.54) is 44.6 Å². The summed E-state index contributed by atoms with van der Waals surface area (Å²) in [6, 6.07) is 0. The van der Waals surface area contributed by atoms with Crippen LogP contribution in [0.4, 0.5) is 0 Å². The lowest BCUT2D eigenvalue weighted by molar-refractivity contribution is -0.131. The number of carboxylic acids is 1. The molecule has 20 heavy (non-hydrogen) atoms. The summed E-state index contributed by atoms with van der Waals surface area (Å²) in [6.07, 6.45) is 15.9. The molecule has 0 spiro atoms. The second kappa shape index (κ2) is 15.1. The van der Waals surface area contributed by atoms with E-state index in [2.05, 4.69) is 36.7 Å². The zero-order valence-electron chi connectivity index (χ0n) is 12.3. The van der Waals surface area contributed by atoms with Gasteiger partial charge in [0.1, 0.15) is 0 Å². The van der Waals surface area contributed by atoms with E-state index in [9.17, 15) is 4.79 Å². The summed E-state index contributed by atoms with van der Waals surface area (Å²) in [5.41, 5.74) is 0. The maximum Gasteiger partial charge on any atom is 0.328 e. The van der Waals surface area contributed by atoms with Crippen LogP contribution in [0.3, 0.4) is 0 Å². The molecule has 2 heteroatoms. The SMILES string of the molecule is CCCCCCCCC=CC#CC#CCC=CC(=O)O. The van der Waals surface area contributed by atoms with Gasteiger partial charge in [-0.25, -0.2) is 4.79 Å². The van der Waals surface area contributed by atoms with Crippen LogP contribution in [0.1, 0.15) is 58.3 Å². The van der Waals surface area contributed by atoms with Gasteiger partial charge < -0.3 is 5.11 Å². The summed E-state index contributed by atoms with van der Waals surface area (Å²) in [5, 5.41) is 8.35. The van der Waals surface area contributed by atoms with Gasteiger partial charge in [-0.3, -0.25) is 0 Å². The third kappa shape index (κ3) is 16.1. The minimum absolute atomic E-state index is 0.419. The maximum atomic E-state index is 10.2. The van der Waals surface area contributed by atoms with Crippen LogP contribution >= 0.6 is 0 Å². The fraction of sp³-hybridized carbons (Fsp3) is 0.500. The Hall–Kier alpha value is -1.93. The molecular weight excluding hydrogens is 248 g/mol. The van der Waals surface area contributed by atoms with E-state index in [1.54, 1.807) is 0 Å². The number of hydrogen-bond acceptors (Lipinski definition) is 1. The molecule has 0 fully saturated rings. The highest BCUT2D eigenvalue weighted by molar-refractivity contribution is 5.79. The van der Waals surface area contributed by atoms with Gasteiger partial charge in [0, 0.05) is 12.5 Å². The number of carboxylic acid groups (broad SMARTS) is 1. The van der Waals surface area contributed by atoms with Crippen LogP contribution in [0, 0.1) is 23.7 Å². The highest BCUT2D eigenvalue weighted by atomic mass is 16.4. The van der Waals surface area contributed by atoms with Crippen molar-refractivity contribution < 1.29 is 9.90 Å². The average molecular weight is 272 g/mol. The van der Waals surface area contributed by atoms with E-state index in [0.717, 1.165) is 12.5 Å². The molecule has 0 unspecified atom stereocenters.